The Morgan fingerprint density at radius 3 is 0.853 bits per heavy atom. The Labute approximate surface area is 653 Å². The van der Waals surface area contributed by atoms with E-state index < -0.39 is 0 Å². The maximum absolute atomic E-state index is 3.53. The molecule has 4 aliphatic rings. The summed E-state index contributed by atoms with van der Waals surface area (Å²) in [4.78, 5) is 0. The molecule has 0 atom stereocenters. The van der Waals surface area contributed by atoms with Gasteiger partial charge in [0.1, 0.15) is 0 Å². The fourth-order valence-electron chi connectivity index (χ4n) is 13.5. The van der Waals surface area contributed by atoms with Crippen molar-refractivity contribution in [2.24, 2.45) is 0 Å². The summed E-state index contributed by atoms with van der Waals surface area (Å²) < 4.78 is 3.19. The van der Waals surface area contributed by atoms with Crippen molar-refractivity contribution in [2.45, 2.75) is 156 Å². The monoisotopic (exact) mass is 1520 g/mol. The molecule has 16 rings (SSSR count). The van der Waals surface area contributed by atoms with Crippen molar-refractivity contribution in [1.82, 2.24) is 0 Å². The van der Waals surface area contributed by atoms with E-state index in [-0.39, 0.29) is 46.5 Å². The van der Waals surface area contributed by atoms with E-state index in [9.17, 15) is 0 Å². The quantitative estimate of drug-likeness (QED) is 0.133. The summed E-state index contributed by atoms with van der Waals surface area (Å²) in [5, 5.41) is 10.9. The van der Waals surface area contributed by atoms with Crippen molar-refractivity contribution in [1.29, 1.82) is 0 Å². The van der Waals surface area contributed by atoms with Crippen molar-refractivity contribution in [3.63, 3.8) is 0 Å². The molecular formula is C98H96Cl2Zr2-2. The number of hydrogen-bond acceptors (Lipinski definition) is 0. The molecule has 0 unspecified atom stereocenters. The summed E-state index contributed by atoms with van der Waals surface area (Å²) in [6.45, 7) is 27.3. The number of fused-ring (bicyclic) bond motifs is 10. The molecule has 0 fully saturated rings. The number of rotatable bonds is 8. The second kappa shape index (κ2) is 35.5. The van der Waals surface area contributed by atoms with E-state index in [0.717, 1.165) is 51.4 Å². The average molecular weight is 1530 g/mol. The second-order valence-corrected chi connectivity index (χ2v) is 34.6. The summed E-state index contributed by atoms with van der Waals surface area (Å²) in [6, 6.07) is 91.5. The molecule has 4 aliphatic carbocycles. The molecule has 0 saturated heterocycles. The van der Waals surface area contributed by atoms with Gasteiger partial charge >= 0.3 is 316 Å². The van der Waals surface area contributed by atoms with E-state index in [0.29, 0.717) is 0 Å². The van der Waals surface area contributed by atoms with E-state index in [1.807, 2.05) is 24.3 Å². The topological polar surface area (TPSA) is 0 Å². The molecule has 0 spiro atoms. The standard InChI is InChI=1S/2C23H18.2C21H25.2C5H5.2ClH.2Zr/c2*1-3-16-22-18(8-1)10-5-12-20(22)14-7-15-21-13-6-11-19-9-2-4-17-23(19)21;2*1-20(2,3)16-9-7-14-11-15-8-10-17(21(4,5)6)13-19(15)18(14)12-16;2*1-2-4-5-3-1;;;;/h2*1-6,8-13,16-17H,14-15H2;2*7,9-10,12-13H,11H2,1-6H3;2*1-3H,4H2;2*1H;;/q;;4*-1;;;2*+2/p-2. The van der Waals surface area contributed by atoms with E-state index >= 15 is 0 Å². The molecule has 0 amide bonds. The van der Waals surface area contributed by atoms with Crippen molar-refractivity contribution in [3.8, 4) is 22.3 Å². The van der Waals surface area contributed by atoms with Crippen LogP contribution in [0.2, 0.25) is 0 Å². The van der Waals surface area contributed by atoms with Gasteiger partial charge in [-0.15, -0.1) is 24.0 Å². The number of allylic oxidation sites excluding steroid dienone is 8. The maximum atomic E-state index is 3.53. The first kappa shape index (κ1) is 78.9. The molecule has 0 radical (unpaired) electrons. The van der Waals surface area contributed by atoms with Crippen LogP contribution < -0.4 is 24.8 Å². The van der Waals surface area contributed by atoms with Crippen molar-refractivity contribution in [2.75, 3.05) is 0 Å². The minimum absolute atomic E-state index is 0. The van der Waals surface area contributed by atoms with Crippen LogP contribution in [0.4, 0.5) is 0 Å². The summed E-state index contributed by atoms with van der Waals surface area (Å²) in [7, 11) is 0. The van der Waals surface area contributed by atoms with Gasteiger partial charge in [-0.3, -0.25) is 12.2 Å². The van der Waals surface area contributed by atoms with Gasteiger partial charge in [-0.1, -0.05) is 153 Å². The molecule has 0 aromatic heterocycles. The molecule has 0 saturated carbocycles. The average Bonchev–Trinajstić information content (AvgIpc) is 1.62. The van der Waals surface area contributed by atoms with Gasteiger partial charge in [0, 0.05) is 0 Å². The zero-order valence-corrected chi connectivity index (χ0v) is 68.2. The fourth-order valence-corrected chi connectivity index (χ4v) is 15.4. The second-order valence-electron chi connectivity index (χ2n) is 31.1. The third-order valence-corrected chi connectivity index (χ3v) is 21.1. The van der Waals surface area contributed by atoms with Crippen LogP contribution in [0.15, 0.2) is 267 Å². The van der Waals surface area contributed by atoms with Crippen LogP contribution in [0.5, 0.6) is 0 Å². The number of hydrogen-bond donors (Lipinski definition) is 0. The van der Waals surface area contributed by atoms with Gasteiger partial charge in [0.25, 0.3) is 0 Å². The molecule has 512 valence electrons. The molecule has 0 aliphatic heterocycles. The molecule has 12 aromatic rings. The predicted molar refractivity (Wildman–Crippen MR) is 426 cm³/mol. The molecule has 0 heterocycles. The van der Waals surface area contributed by atoms with Crippen LogP contribution in [0.3, 0.4) is 0 Å². The number of halogens is 2. The Kier molecular flexibility index (Phi) is 27.4. The van der Waals surface area contributed by atoms with Crippen LogP contribution in [0.25, 0.3) is 65.3 Å². The first-order valence-corrected chi connectivity index (χ1v) is 38.2. The normalized spacial score (nSPS) is 12.7. The van der Waals surface area contributed by atoms with Crippen molar-refractivity contribution in [3.05, 3.63) is 358 Å². The van der Waals surface area contributed by atoms with Crippen LogP contribution in [0.1, 0.15) is 163 Å². The van der Waals surface area contributed by atoms with Gasteiger partial charge in [-0.2, -0.15) is 70.8 Å². The Morgan fingerprint density at radius 2 is 0.598 bits per heavy atom. The van der Waals surface area contributed by atoms with Crippen molar-refractivity contribution >= 4 is 49.5 Å². The van der Waals surface area contributed by atoms with Gasteiger partial charge in [-0.05, 0) is 34.8 Å². The fraction of sp³-hybridized carbons (Fsp3) is 0.245. The zero-order chi connectivity index (χ0) is 70.6. The Morgan fingerprint density at radius 1 is 0.324 bits per heavy atom. The summed E-state index contributed by atoms with van der Waals surface area (Å²) in [5.41, 5.74) is 23.3. The van der Waals surface area contributed by atoms with Gasteiger partial charge in [0.15, 0.2) is 0 Å². The third kappa shape index (κ3) is 20.6. The molecule has 0 N–H and O–H groups in total. The molecule has 4 heteroatoms. The van der Waals surface area contributed by atoms with Crippen LogP contribution in [-0.2, 0) is 109 Å². The summed E-state index contributed by atoms with van der Waals surface area (Å²) in [5.74, 6) is 0. The van der Waals surface area contributed by atoms with Crippen LogP contribution in [-0.4, -0.2) is 6.41 Å². The van der Waals surface area contributed by atoms with E-state index in [1.165, 1.54) is 181 Å². The first-order valence-electron chi connectivity index (χ1n) is 35.7. The van der Waals surface area contributed by atoms with E-state index in [4.69, 9.17) is 0 Å². The molecule has 102 heavy (non-hydrogen) atoms. The van der Waals surface area contributed by atoms with E-state index in [1.54, 1.807) is 6.41 Å². The molecule has 0 bridgehead atoms. The summed E-state index contributed by atoms with van der Waals surface area (Å²) >= 11 is 3.07. The van der Waals surface area contributed by atoms with Crippen molar-refractivity contribution < 1.29 is 73.3 Å². The first-order chi connectivity index (χ1) is 47.9. The molecule has 0 nitrogen and oxygen atoms in total. The minimum atomic E-state index is 0. The van der Waals surface area contributed by atoms with E-state index in [2.05, 4.69) is 350 Å². The Balaban J connectivity index is 0.000000150. The van der Waals surface area contributed by atoms with Gasteiger partial charge < -0.3 is 24.8 Å². The summed E-state index contributed by atoms with van der Waals surface area (Å²) in [6.07, 6.45) is 26.3. The van der Waals surface area contributed by atoms with Crippen LogP contribution >= 0.6 is 0 Å². The predicted octanol–water partition coefficient (Wildman–Crippen LogP) is 18.9. The number of benzene rings is 12. The van der Waals surface area contributed by atoms with Gasteiger partial charge in [-0.25, -0.2) is 24.3 Å². The van der Waals surface area contributed by atoms with Crippen LogP contribution in [0, 0.1) is 24.3 Å². The van der Waals surface area contributed by atoms with Gasteiger partial charge in [0.2, 0.25) is 0 Å². The molecular weight excluding hydrogens is 1430 g/mol. The Hall–Kier alpha value is -7.27. The van der Waals surface area contributed by atoms with Gasteiger partial charge in [0.05, 0.1) is 0 Å². The molecule has 12 aromatic carbocycles. The third-order valence-electron chi connectivity index (χ3n) is 19.4. The zero-order valence-electron chi connectivity index (χ0n) is 61.8. The Bertz CT molecular complexity index is 4390. The SMILES string of the molecule is CC(C)(C)c1c[c-]c2c(c1)-c1cc(C(C)(C)C)ccc1C2.CC(C)(C)c1c[c-]c2c(c1)-c1cc(C(C)(C)C)ccc1C2.[C-]1=CC=CC1.[C-]1=CC=CC1.[Cl-].[Cl-].[Zr+2]=[C](Cc1cccc2ccccc12)Cc1cccc2ccccc12.[Zr+2]=[C](Cc1cccc2ccccc12)Cc1cccc2ccccc12.